The van der Waals surface area contributed by atoms with Crippen molar-refractivity contribution in [3.05, 3.63) is 18.2 Å². The number of hydrogen-bond donors (Lipinski definition) is 6. The second-order valence-electron chi connectivity index (χ2n) is 10.1. The fourth-order valence-electron chi connectivity index (χ4n) is 4.17. The number of aromatic amines is 1. The van der Waals surface area contributed by atoms with Gasteiger partial charge in [0.2, 0.25) is 23.6 Å². The maximum atomic E-state index is 12.3. The van der Waals surface area contributed by atoms with Gasteiger partial charge in [-0.2, -0.15) is 0 Å². The van der Waals surface area contributed by atoms with Crippen molar-refractivity contribution >= 4 is 29.6 Å². The highest BCUT2D eigenvalue weighted by atomic mass is 16.4. The summed E-state index contributed by atoms with van der Waals surface area (Å²) in [4.78, 5) is 66.0. The smallest absolute Gasteiger partial charge is 0.322 e. The summed E-state index contributed by atoms with van der Waals surface area (Å²) in [7, 11) is 0. The molecule has 12 heteroatoms. The van der Waals surface area contributed by atoms with Gasteiger partial charge in [-0.3, -0.25) is 24.0 Å². The Morgan fingerprint density at radius 2 is 1.30 bits per heavy atom. The first kappa shape index (κ1) is 34.6. The number of aromatic nitrogens is 2. The van der Waals surface area contributed by atoms with Gasteiger partial charge < -0.3 is 31.4 Å². The minimum atomic E-state index is -1.22. The number of carboxylic acid groups (broad SMARTS) is 1. The molecule has 0 aliphatic rings. The zero-order valence-corrected chi connectivity index (χ0v) is 23.9. The van der Waals surface area contributed by atoms with Crippen LogP contribution < -0.4 is 21.3 Å². The van der Waals surface area contributed by atoms with Crippen LogP contribution in [0.15, 0.2) is 12.5 Å². The van der Waals surface area contributed by atoms with Crippen LogP contribution in [0.3, 0.4) is 0 Å². The molecule has 1 aromatic heterocycles. The number of unbranched alkanes of at least 4 members (excludes halogenated alkanes) is 12. The lowest BCUT2D eigenvalue weighted by atomic mass is 10.0. The van der Waals surface area contributed by atoms with E-state index < -0.39 is 42.8 Å². The third-order valence-electron chi connectivity index (χ3n) is 6.44. The molecule has 1 heterocycles. The van der Waals surface area contributed by atoms with Crippen LogP contribution in [-0.2, 0) is 30.4 Å². The van der Waals surface area contributed by atoms with Gasteiger partial charge in [0, 0.05) is 24.7 Å². The molecule has 1 atom stereocenters. The maximum absolute atomic E-state index is 12.3. The molecule has 0 saturated carbocycles. The predicted molar refractivity (Wildman–Crippen MR) is 151 cm³/mol. The third kappa shape index (κ3) is 18.8. The highest BCUT2D eigenvalue weighted by molar-refractivity contribution is 5.92. The van der Waals surface area contributed by atoms with E-state index in [1.54, 1.807) is 0 Å². The van der Waals surface area contributed by atoms with E-state index in [4.69, 9.17) is 5.11 Å². The Balaban J connectivity index is 2.13. The Kier molecular flexibility index (Phi) is 19.4. The van der Waals surface area contributed by atoms with Crippen molar-refractivity contribution in [2.45, 2.75) is 109 Å². The van der Waals surface area contributed by atoms with Crippen LogP contribution >= 0.6 is 0 Å². The standard InChI is InChI=1S/C28H48N6O6/c1-2-3-4-5-6-7-8-9-10-11-12-13-14-15-24(35)30-18-25(36)31-19-26(37)34-23(16-22-17-29-21-33-22)28(40)32-20-27(38)39/h17,21,23H,2-16,18-20H2,1H3,(H,29,33)(H,30,35)(H,31,36)(H,32,40)(H,34,37)(H,38,39)/t23-/m0/s1. The van der Waals surface area contributed by atoms with Crippen LogP contribution in [0.25, 0.3) is 0 Å². The van der Waals surface area contributed by atoms with Gasteiger partial charge in [0.05, 0.1) is 19.4 Å². The number of carbonyl (C=O) groups is 5. The topological polar surface area (TPSA) is 182 Å². The van der Waals surface area contributed by atoms with E-state index in [9.17, 15) is 24.0 Å². The summed E-state index contributed by atoms with van der Waals surface area (Å²) in [6.07, 6.45) is 19.2. The monoisotopic (exact) mass is 564 g/mol. The molecule has 0 aliphatic heterocycles. The normalized spacial score (nSPS) is 11.4. The molecule has 0 fully saturated rings. The lowest BCUT2D eigenvalue weighted by molar-refractivity contribution is -0.138. The highest BCUT2D eigenvalue weighted by Gasteiger charge is 2.22. The van der Waals surface area contributed by atoms with Crippen LogP contribution in [-0.4, -0.2) is 70.3 Å². The van der Waals surface area contributed by atoms with Crippen LogP contribution in [0.4, 0.5) is 0 Å². The average Bonchev–Trinajstić information content (AvgIpc) is 3.44. The maximum Gasteiger partial charge on any atom is 0.322 e. The fourth-order valence-corrected chi connectivity index (χ4v) is 4.17. The van der Waals surface area contributed by atoms with Gasteiger partial charge >= 0.3 is 5.97 Å². The first-order valence-electron chi connectivity index (χ1n) is 14.6. The van der Waals surface area contributed by atoms with Crippen molar-refractivity contribution in [2.75, 3.05) is 19.6 Å². The zero-order chi connectivity index (χ0) is 29.4. The Morgan fingerprint density at radius 3 is 1.85 bits per heavy atom. The SMILES string of the molecule is CCCCCCCCCCCCCCCC(=O)NCC(=O)NCC(=O)N[C@@H](Cc1cnc[nH]1)C(=O)NCC(=O)O. The molecule has 1 rings (SSSR count). The summed E-state index contributed by atoms with van der Waals surface area (Å²) in [5.41, 5.74) is 0.561. The lowest BCUT2D eigenvalue weighted by Gasteiger charge is -2.17. The first-order chi connectivity index (χ1) is 19.3. The number of nitrogens with zero attached hydrogens (tertiary/aromatic N) is 1. The molecule has 4 amide bonds. The molecule has 6 N–H and O–H groups in total. The quantitative estimate of drug-likeness (QED) is 0.104. The van der Waals surface area contributed by atoms with Crippen molar-refractivity contribution < 1.29 is 29.1 Å². The largest absolute Gasteiger partial charge is 0.480 e. The number of aliphatic carboxylic acids is 1. The van der Waals surface area contributed by atoms with Gasteiger partial charge in [0.1, 0.15) is 12.6 Å². The van der Waals surface area contributed by atoms with Crippen LogP contribution in [0.2, 0.25) is 0 Å². The summed E-state index contributed by atoms with van der Waals surface area (Å²) in [5.74, 6) is -3.28. The molecule has 0 radical (unpaired) electrons. The Bertz CT molecular complexity index is 877. The Morgan fingerprint density at radius 1 is 0.750 bits per heavy atom. The van der Waals surface area contributed by atoms with Crippen LogP contribution in [0.5, 0.6) is 0 Å². The first-order valence-corrected chi connectivity index (χ1v) is 14.6. The Hall–Kier alpha value is -3.44. The number of carboxylic acids is 1. The van der Waals surface area contributed by atoms with Crippen LogP contribution in [0.1, 0.15) is 103 Å². The number of rotatable bonds is 24. The summed E-state index contributed by atoms with van der Waals surface area (Å²) in [6, 6.07) is -1.07. The number of H-pyrrole nitrogens is 1. The summed E-state index contributed by atoms with van der Waals surface area (Å²) in [5, 5.41) is 18.4. The molecule has 0 aliphatic carbocycles. The molecule has 0 saturated heterocycles. The van der Waals surface area contributed by atoms with Crippen molar-refractivity contribution in [3.63, 3.8) is 0 Å². The minimum absolute atomic E-state index is 0.0559. The van der Waals surface area contributed by atoms with E-state index in [2.05, 4.69) is 38.2 Å². The van der Waals surface area contributed by atoms with Crippen molar-refractivity contribution in [2.24, 2.45) is 0 Å². The number of hydrogen-bond acceptors (Lipinski definition) is 6. The summed E-state index contributed by atoms with van der Waals surface area (Å²) >= 11 is 0. The number of imidazole rings is 1. The van der Waals surface area contributed by atoms with E-state index in [-0.39, 0.29) is 18.9 Å². The second-order valence-corrected chi connectivity index (χ2v) is 10.1. The van der Waals surface area contributed by atoms with Crippen molar-refractivity contribution in [1.82, 2.24) is 31.2 Å². The number of carbonyl (C=O) groups excluding carboxylic acids is 4. The molecule has 12 nitrogen and oxygen atoms in total. The molecule has 0 bridgehead atoms. The van der Waals surface area contributed by atoms with Crippen molar-refractivity contribution in [3.8, 4) is 0 Å². The third-order valence-corrected chi connectivity index (χ3v) is 6.44. The molecule has 226 valence electrons. The van der Waals surface area contributed by atoms with Gasteiger partial charge in [-0.25, -0.2) is 4.98 Å². The van der Waals surface area contributed by atoms with Gasteiger partial charge in [-0.05, 0) is 6.42 Å². The molecule has 40 heavy (non-hydrogen) atoms. The van der Waals surface area contributed by atoms with Gasteiger partial charge in [-0.15, -0.1) is 0 Å². The van der Waals surface area contributed by atoms with E-state index in [0.717, 1.165) is 19.3 Å². The number of nitrogens with one attached hydrogen (secondary N) is 5. The van der Waals surface area contributed by atoms with Crippen LogP contribution in [0, 0.1) is 0 Å². The minimum Gasteiger partial charge on any atom is -0.480 e. The number of amides is 4. The van der Waals surface area contributed by atoms with Gasteiger partial charge in [0.25, 0.3) is 0 Å². The molecule has 0 aromatic carbocycles. The van der Waals surface area contributed by atoms with Crippen molar-refractivity contribution in [1.29, 1.82) is 0 Å². The van der Waals surface area contributed by atoms with Gasteiger partial charge in [0.15, 0.2) is 0 Å². The molecule has 0 unspecified atom stereocenters. The van der Waals surface area contributed by atoms with E-state index in [1.807, 2.05) is 0 Å². The molecular formula is C28H48N6O6. The molecule has 0 spiro atoms. The average molecular weight is 565 g/mol. The zero-order valence-electron chi connectivity index (χ0n) is 23.9. The van der Waals surface area contributed by atoms with E-state index >= 15 is 0 Å². The highest BCUT2D eigenvalue weighted by Crippen LogP contribution is 2.12. The summed E-state index contributed by atoms with van der Waals surface area (Å²) in [6.45, 7) is 0.990. The fraction of sp³-hybridized carbons (Fsp3) is 0.714. The Labute approximate surface area is 237 Å². The molecular weight excluding hydrogens is 516 g/mol. The van der Waals surface area contributed by atoms with E-state index in [1.165, 1.54) is 76.7 Å². The lowest BCUT2D eigenvalue weighted by Crippen LogP contribution is -2.51. The molecule has 1 aromatic rings. The van der Waals surface area contributed by atoms with E-state index in [0.29, 0.717) is 12.1 Å². The predicted octanol–water partition coefficient (Wildman–Crippen LogP) is 2.35. The second kappa shape index (κ2) is 22.4. The summed E-state index contributed by atoms with van der Waals surface area (Å²) < 4.78 is 0. The van der Waals surface area contributed by atoms with Gasteiger partial charge in [-0.1, -0.05) is 84.0 Å².